The minimum Gasteiger partial charge on any atom is -0.386 e. The maximum Gasteiger partial charge on any atom is 0.318 e. The van der Waals surface area contributed by atoms with Crippen LogP contribution in [0.2, 0.25) is 0 Å². The molecular formula is C34H41N3O3. The van der Waals surface area contributed by atoms with Gasteiger partial charge in [-0.15, -0.1) is 0 Å². The van der Waals surface area contributed by atoms with Gasteiger partial charge in [0.05, 0.1) is 5.60 Å². The fourth-order valence-corrected chi connectivity index (χ4v) is 5.68. The zero-order valence-electron chi connectivity index (χ0n) is 24.3. The zero-order chi connectivity index (χ0) is 28.7. The quantitative estimate of drug-likeness (QED) is 0.367. The Balaban J connectivity index is 1.41. The molecular weight excluding hydrogens is 498 g/mol. The van der Waals surface area contributed by atoms with Crippen molar-refractivity contribution in [3.8, 4) is 11.1 Å². The number of aliphatic hydroxyl groups is 1. The van der Waals surface area contributed by atoms with Crippen LogP contribution in [-0.4, -0.2) is 34.0 Å². The van der Waals surface area contributed by atoms with E-state index in [0.29, 0.717) is 19.6 Å². The molecule has 210 valence electrons. The number of fused-ring (bicyclic) bond motifs is 1. The van der Waals surface area contributed by atoms with E-state index in [9.17, 15) is 14.7 Å². The predicted octanol–water partition coefficient (Wildman–Crippen LogP) is 5.87. The molecule has 1 unspecified atom stereocenters. The van der Waals surface area contributed by atoms with Crippen LogP contribution in [0.1, 0.15) is 74.8 Å². The predicted molar refractivity (Wildman–Crippen MR) is 159 cm³/mol. The van der Waals surface area contributed by atoms with Crippen molar-refractivity contribution in [2.75, 3.05) is 6.54 Å². The molecule has 5 rings (SSSR count). The van der Waals surface area contributed by atoms with Crippen molar-refractivity contribution >= 4 is 11.9 Å². The molecule has 0 saturated heterocycles. The van der Waals surface area contributed by atoms with Gasteiger partial charge in [-0.05, 0) is 98.4 Å². The molecule has 3 amide bonds. The lowest BCUT2D eigenvalue weighted by Gasteiger charge is -2.34. The largest absolute Gasteiger partial charge is 0.386 e. The first kappa shape index (κ1) is 27.9. The zero-order valence-corrected chi connectivity index (χ0v) is 24.3. The second kappa shape index (κ2) is 10.7. The Morgan fingerprint density at radius 3 is 2.40 bits per heavy atom. The summed E-state index contributed by atoms with van der Waals surface area (Å²) in [6.07, 6.45) is 1.60. The Hall–Kier alpha value is -3.64. The molecule has 3 N–H and O–H groups in total. The summed E-state index contributed by atoms with van der Waals surface area (Å²) in [5.74, 6) is 0.385. The van der Waals surface area contributed by atoms with Gasteiger partial charge in [-0.1, -0.05) is 60.7 Å². The Labute approximate surface area is 237 Å². The van der Waals surface area contributed by atoms with Gasteiger partial charge >= 0.3 is 6.03 Å². The third-order valence-electron chi connectivity index (χ3n) is 7.97. The summed E-state index contributed by atoms with van der Waals surface area (Å²) in [5.41, 5.74) is 6.30. The highest BCUT2D eigenvalue weighted by molar-refractivity contribution is 5.83. The van der Waals surface area contributed by atoms with E-state index in [2.05, 4.69) is 41.0 Å². The number of hydrogen-bond donors (Lipinski definition) is 3. The molecule has 1 heterocycles. The number of carbonyl (C=O) groups is 2. The Morgan fingerprint density at radius 1 is 0.950 bits per heavy atom. The van der Waals surface area contributed by atoms with E-state index in [4.69, 9.17) is 0 Å². The van der Waals surface area contributed by atoms with Crippen LogP contribution in [0.25, 0.3) is 11.1 Å². The van der Waals surface area contributed by atoms with Crippen LogP contribution in [0.4, 0.5) is 4.79 Å². The van der Waals surface area contributed by atoms with Crippen LogP contribution < -0.4 is 10.6 Å². The fraction of sp³-hybridized carbons (Fsp3) is 0.412. The van der Waals surface area contributed by atoms with Gasteiger partial charge in [0.25, 0.3) is 0 Å². The van der Waals surface area contributed by atoms with Crippen molar-refractivity contribution in [3.05, 3.63) is 94.5 Å². The summed E-state index contributed by atoms with van der Waals surface area (Å²) in [4.78, 5) is 28.0. The number of nitrogens with one attached hydrogen (secondary N) is 2. The van der Waals surface area contributed by atoms with Crippen LogP contribution in [0.15, 0.2) is 66.7 Å². The lowest BCUT2D eigenvalue weighted by atomic mass is 9.86. The SMILES string of the molecule is CC(C)(C)NC(=O)N1CCc2c(-c3cccc(C(C)(C)O)c3)ccc(CNC(=O)C3C[C@H]3c3ccccc3)c2C1. The van der Waals surface area contributed by atoms with Crippen molar-refractivity contribution in [2.24, 2.45) is 5.92 Å². The second-order valence-electron chi connectivity index (χ2n) is 12.8. The van der Waals surface area contributed by atoms with Crippen molar-refractivity contribution < 1.29 is 14.7 Å². The first-order valence-electron chi connectivity index (χ1n) is 14.3. The number of nitrogens with zero attached hydrogens (tertiary/aromatic N) is 1. The van der Waals surface area contributed by atoms with E-state index < -0.39 is 5.60 Å². The first-order chi connectivity index (χ1) is 18.9. The van der Waals surface area contributed by atoms with Gasteiger partial charge in [-0.2, -0.15) is 0 Å². The minimum atomic E-state index is -0.942. The molecule has 3 aromatic rings. The highest BCUT2D eigenvalue weighted by Gasteiger charge is 2.43. The van der Waals surface area contributed by atoms with Crippen LogP contribution in [-0.2, 0) is 29.9 Å². The summed E-state index contributed by atoms with van der Waals surface area (Å²) >= 11 is 0. The maximum absolute atomic E-state index is 13.1. The van der Waals surface area contributed by atoms with Gasteiger partial charge in [-0.25, -0.2) is 4.79 Å². The average Bonchev–Trinajstić information content (AvgIpc) is 3.72. The highest BCUT2D eigenvalue weighted by Crippen LogP contribution is 2.47. The van der Waals surface area contributed by atoms with E-state index >= 15 is 0 Å². The standard InChI is InChI=1S/C34H41N3O3/c1-33(2,3)36-32(39)37-17-16-27-26(23-12-9-13-25(18-23)34(4,5)40)15-14-24(30(27)21-37)20-35-31(38)29-19-28(29)22-10-7-6-8-11-22/h6-15,18,28-29,40H,16-17,19-21H2,1-5H3,(H,35,38)(H,36,39)/t28-,29?/m0/s1. The molecule has 0 bridgehead atoms. The molecule has 1 aliphatic carbocycles. The van der Waals surface area contributed by atoms with Gasteiger partial charge in [0.15, 0.2) is 0 Å². The van der Waals surface area contributed by atoms with Gasteiger partial charge in [0, 0.05) is 31.1 Å². The molecule has 3 aromatic carbocycles. The number of benzene rings is 3. The molecule has 6 nitrogen and oxygen atoms in total. The first-order valence-corrected chi connectivity index (χ1v) is 14.3. The summed E-state index contributed by atoms with van der Waals surface area (Å²) in [5, 5.41) is 16.9. The number of carbonyl (C=O) groups excluding carboxylic acids is 2. The Morgan fingerprint density at radius 2 is 1.70 bits per heavy atom. The molecule has 1 saturated carbocycles. The lowest BCUT2D eigenvalue weighted by Crippen LogP contribution is -2.50. The molecule has 0 spiro atoms. The van der Waals surface area contributed by atoms with E-state index in [1.165, 1.54) is 11.1 Å². The Kier molecular flexibility index (Phi) is 7.49. The summed E-state index contributed by atoms with van der Waals surface area (Å²) < 4.78 is 0. The number of rotatable bonds is 6. The third kappa shape index (κ3) is 6.23. The normalized spacial score (nSPS) is 18.6. The summed E-state index contributed by atoms with van der Waals surface area (Å²) in [6, 6.07) is 22.4. The number of hydrogen-bond acceptors (Lipinski definition) is 3. The van der Waals surface area contributed by atoms with Crippen molar-refractivity contribution in [3.63, 3.8) is 0 Å². The molecule has 0 aromatic heterocycles. The van der Waals surface area contributed by atoms with E-state index in [0.717, 1.165) is 40.7 Å². The monoisotopic (exact) mass is 539 g/mol. The van der Waals surface area contributed by atoms with Crippen LogP contribution in [0.5, 0.6) is 0 Å². The van der Waals surface area contributed by atoms with Gasteiger partial charge in [0.1, 0.15) is 0 Å². The highest BCUT2D eigenvalue weighted by atomic mass is 16.3. The van der Waals surface area contributed by atoms with Crippen LogP contribution >= 0.6 is 0 Å². The fourth-order valence-electron chi connectivity index (χ4n) is 5.68. The Bertz CT molecular complexity index is 1400. The molecule has 0 radical (unpaired) electrons. The average molecular weight is 540 g/mol. The van der Waals surface area contributed by atoms with Gasteiger partial charge in [-0.3, -0.25) is 4.79 Å². The molecule has 40 heavy (non-hydrogen) atoms. The third-order valence-corrected chi connectivity index (χ3v) is 7.97. The van der Waals surface area contributed by atoms with Crippen molar-refractivity contribution in [1.82, 2.24) is 15.5 Å². The van der Waals surface area contributed by atoms with E-state index in [-0.39, 0.29) is 29.3 Å². The molecule has 2 aliphatic rings. The second-order valence-corrected chi connectivity index (χ2v) is 12.8. The van der Waals surface area contributed by atoms with E-state index in [1.54, 1.807) is 13.8 Å². The van der Waals surface area contributed by atoms with Crippen LogP contribution in [0, 0.1) is 5.92 Å². The molecule has 6 heteroatoms. The lowest BCUT2D eigenvalue weighted by molar-refractivity contribution is -0.122. The molecule has 2 atom stereocenters. The van der Waals surface area contributed by atoms with Gasteiger partial charge < -0.3 is 20.6 Å². The molecule has 1 aliphatic heterocycles. The number of amides is 3. The number of urea groups is 1. The topological polar surface area (TPSA) is 81.7 Å². The summed E-state index contributed by atoms with van der Waals surface area (Å²) in [7, 11) is 0. The minimum absolute atomic E-state index is 0.0103. The van der Waals surface area contributed by atoms with Crippen molar-refractivity contribution in [2.45, 2.75) is 77.6 Å². The molecule has 1 fully saturated rings. The summed E-state index contributed by atoms with van der Waals surface area (Å²) in [6.45, 7) is 11.1. The van der Waals surface area contributed by atoms with Crippen LogP contribution in [0.3, 0.4) is 0 Å². The van der Waals surface area contributed by atoms with E-state index in [1.807, 2.05) is 62.1 Å². The van der Waals surface area contributed by atoms with Crippen molar-refractivity contribution in [1.29, 1.82) is 0 Å². The maximum atomic E-state index is 13.1. The van der Waals surface area contributed by atoms with Gasteiger partial charge in [0.2, 0.25) is 5.91 Å². The smallest absolute Gasteiger partial charge is 0.318 e.